The molecule has 0 N–H and O–H groups in total. The summed E-state index contributed by atoms with van der Waals surface area (Å²) in [6, 6.07) is 11.2. The van der Waals surface area contributed by atoms with E-state index in [9.17, 15) is 4.79 Å². The SMILES string of the molecule is CSc1ccccc1Oc1ccc(C(C)=O)nc1. The third-order valence-electron chi connectivity index (χ3n) is 2.39. The van der Waals surface area contributed by atoms with Crippen LogP contribution in [0, 0.1) is 0 Å². The van der Waals surface area contributed by atoms with Crippen molar-refractivity contribution in [2.45, 2.75) is 11.8 Å². The number of nitrogens with zero attached hydrogens (tertiary/aromatic N) is 1. The average molecular weight is 259 g/mol. The number of carbonyl (C=O) groups excluding carboxylic acids is 1. The maximum atomic E-state index is 11.1. The zero-order chi connectivity index (χ0) is 13.0. The third-order valence-corrected chi connectivity index (χ3v) is 3.17. The minimum atomic E-state index is -0.0499. The van der Waals surface area contributed by atoms with E-state index < -0.39 is 0 Å². The van der Waals surface area contributed by atoms with Gasteiger partial charge in [-0.15, -0.1) is 11.8 Å². The van der Waals surface area contributed by atoms with E-state index in [-0.39, 0.29) is 5.78 Å². The quantitative estimate of drug-likeness (QED) is 0.618. The molecule has 2 rings (SSSR count). The molecule has 0 radical (unpaired) electrons. The van der Waals surface area contributed by atoms with E-state index in [2.05, 4.69) is 4.98 Å². The molecule has 0 saturated heterocycles. The molecular formula is C14H13NO2S. The third kappa shape index (κ3) is 2.90. The Bertz CT molecular complexity index is 552. The van der Waals surface area contributed by atoms with E-state index in [1.165, 1.54) is 6.92 Å². The molecule has 0 atom stereocenters. The summed E-state index contributed by atoms with van der Waals surface area (Å²) in [4.78, 5) is 16.2. The number of aromatic nitrogens is 1. The van der Waals surface area contributed by atoms with Gasteiger partial charge in [-0.1, -0.05) is 12.1 Å². The summed E-state index contributed by atoms with van der Waals surface area (Å²) >= 11 is 1.62. The van der Waals surface area contributed by atoms with Crippen molar-refractivity contribution in [1.82, 2.24) is 4.98 Å². The molecule has 0 aliphatic carbocycles. The molecule has 0 saturated carbocycles. The van der Waals surface area contributed by atoms with E-state index in [1.54, 1.807) is 30.1 Å². The van der Waals surface area contributed by atoms with Gasteiger partial charge in [0.2, 0.25) is 0 Å². The molecule has 2 aromatic rings. The van der Waals surface area contributed by atoms with Crippen LogP contribution in [-0.4, -0.2) is 17.0 Å². The standard InChI is InChI=1S/C14H13NO2S/c1-10(16)12-8-7-11(9-15-12)17-13-5-3-4-6-14(13)18-2/h3-9H,1-2H3. The molecule has 0 unspecified atom stereocenters. The van der Waals surface area contributed by atoms with Gasteiger partial charge >= 0.3 is 0 Å². The lowest BCUT2D eigenvalue weighted by molar-refractivity contribution is 0.101. The zero-order valence-electron chi connectivity index (χ0n) is 10.2. The van der Waals surface area contributed by atoms with Crippen LogP contribution in [-0.2, 0) is 0 Å². The normalized spacial score (nSPS) is 10.1. The molecule has 3 nitrogen and oxygen atoms in total. The van der Waals surface area contributed by atoms with Gasteiger partial charge in [0, 0.05) is 11.8 Å². The molecule has 18 heavy (non-hydrogen) atoms. The number of ether oxygens (including phenoxy) is 1. The molecule has 1 heterocycles. The van der Waals surface area contributed by atoms with Crippen LogP contribution in [0.2, 0.25) is 0 Å². The van der Waals surface area contributed by atoms with Crippen LogP contribution in [0.25, 0.3) is 0 Å². The van der Waals surface area contributed by atoms with Gasteiger partial charge in [-0.3, -0.25) is 4.79 Å². The maximum absolute atomic E-state index is 11.1. The highest BCUT2D eigenvalue weighted by Crippen LogP contribution is 2.30. The van der Waals surface area contributed by atoms with Gasteiger partial charge in [0.05, 0.1) is 6.20 Å². The summed E-state index contributed by atoms with van der Waals surface area (Å²) < 4.78 is 5.74. The molecular weight excluding hydrogens is 246 g/mol. The number of thioether (sulfide) groups is 1. The lowest BCUT2D eigenvalue weighted by Crippen LogP contribution is -1.96. The second kappa shape index (κ2) is 5.69. The number of ketones is 1. The first-order valence-electron chi connectivity index (χ1n) is 5.48. The van der Waals surface area contributed by atoms with Crippen molar-refractivity contribution < 1.29 is 9.53 Å². The fourth-order valence-corrected chi connectivity index (χ4v) is 2.00. The Balaban J connectivity index is 2.21. The van der Waals surface area contributed by atoms with Gasteiger partial charge in [-0.25, -0.2) is 4.98 Å². The van der Waals surface area contributed by atoms with E-state index >= 15 is 0 Å². The van der Waals surface area contributed by atoms with Crippen LogP contribution < -0.4 is 4.74 Å². The minimum absolute atomic E-state index is 0.0499. The number of Topliss-reactive ketones (excluding diaryl/α,β-unsaturated/α-hetero) is 1. The van der Waals surface area contributed by atoms with Crippen LogP contribution in [0.3, 0.4) is 0 Å². The first-order valence-corrected chi connectivity index (χ1v) is 6.71. The number of rotatable bonds is 4. The molecule has 0 spiro atoms. The highest BCUT2D eigenvalue weighted by Gasteiger charge is 2.05. The van der Waals surface area contributed by atoms with Crippen molar-refractivity contribution in [2.24, 2.45) is 0 Å². The van der Waals surface area contributed by atoms with Crippen molar-refractivity contribution in [1.29, 1.82) is 0 Å². The van der Waals surface area contributed by atoms with Gasteiger partial charge in [0.15, 0.2) is 5.78 Å². The number of pyridine rings is 1. The van der Waals surface area contributed by atoms with Crippen molar-refractivity contribution in [3.05, 3.63) is 48.3 Å². The predicted molar refractivity (Wildman–Crippen MR) is 72.5 cm³/mol. The van der Waals surface area contributed by atoms with Gasteiger partial charge in [0.1, 0.15) is 17.2 Å². The molecule has 0 bridgehead atoms. The molecule has 4 heteroatoms. The van der Waals surface area contributed by atoms with Crippen molar-refractivity contribution >= 4 is 17.5 Å². The van der Waals surface area contributed by atoms with Crippen molar-refractivity contribution in [3.63, 3.8) is 0 Å². The van der Waals surface area contributed by atoms with Crippen LogP contribution in [0.15, 0.2) is 47.5 Å². The van der Waals surface area contributed by atoms with Gasteiger partial charge in [0.25, 0.3) is 0 Å². The van der Waals surface area contributed by atoms with E-state index in [0.717, 1.165) is 10.6 Å². The number of para-hydroxylation sites is 1. The Kier molecular flexibility index (Phi) is 3.99. The minimum Gasteiger partial charge on any atom is -0.455 e. The molecule has 0 fully saturated rings. The Morgan fingerprint density at radius 2 is 2.00 bits per heavy atom. The smallest absolute Gasteiger partial charge is 0.178 e. The summed E-state index contributed by atoms with van der Waals surface area (Å²) in [5.74, 6) is 1.37. The number of hydrogen-bond donors (Lipinski definition) is 0. The summed E-state index contributed by atoms with van der Waals surface area (Å²) in [5.41, 5.74) is 0.445. The van der Waals surface area contributed by atoms with Gasteiger partial charge in [-0.05, 0) is 30.5 Å². The lowest BCUT2D eigenvalue weighted by Gasteiger charge is -2.09. The number of hydrogen-bond acceptors (Lipinski definition) is 4. The Hall–Kier alpha value is -1.81. The summed E-state index contributed by atoms with van der Waals surface area (Å²) in [7, 11) is 0. The molecule has 1 aromatic heterocycles. The molecule has 92 valence electrons. The summed E-state index contributed by atoms with van der Waals surface area (Å²) in [5, 5.41) is 0. The second-order valence-electron chi connectivity index (χ2n) is 3.69. The molecule has 0 amide bonds. The first kappa shape index (κ1) is 12.6. The summed E-state index contributed by atoms with van der Waals surface area (Å²) in [6.45, 7) is 1.49. The highest BCUT2D eigenvalue weighted by molar-refractivity contribution is 7.98. The number of carbonyl (C=O) groups is 1. The Labute approximate surface area is 110 Å². The Morgan fingerprint density at radius 1 is 1.22 bits per heavy atom. The summed E-state index contributed by atoms with van der Waals surface area (Å²) in [6.07, 6.45) is 3.56. The van der Waals surface area contributed by atoms with E-state index in [4.69, 9.17) is 4.74 Å². The largest absolute Gasteiger partial charge is 0.455 e. The van der Waals surface area contributed by atoms with Crippen molar-refractivity contribution in [3.8, 4) is 11.5 Å². The first-order chi connectivity index (χ1) is 8.70. The monoisotopic (exact) mass is 259 g/mol. The van der Waals surface area contributed by atoms with Crippen LogP contribution in [0.4, 0.5) is 0 Å². The van der Waals surface area contributed by atoms with Crippen LogP contribution >= 0.6 is 11.8 Å². The van der Waals surface area contributed by atoms with Crippen molar-refractivity contribution in [2.75, 3.05) is 6.26 Å². The predicted octanol–water partition coefficient (Wildman–Crippen LogP) is 3.80. The van der Waals surface area contributed by atoms with Gasteiger partial charge < -0.3 is 4.74 Å². The van der Waals surface area contributed by atoms with Crippen LogP contribution in [0.1, 0.15) is 17.4 Å². The molecule has 0 aliphatic heterocycles. The van der Waals surface area contributed by atoms with E-state index in [1.807, 2.05) is 30.5 Å². The highest BCUT2D eigenvalue weighted by atomic mass is 32.2. The Morgan fingerprint density at radius 3 is 2.61 bits per heavy atom. The molecule has 1 aromatic carbocycles. The topological polar surface area (TPSA) is 39.2 Å². The average Bonchev–Trinajstić information content (AvgIpc) is 2.40. The lowest BCUT2D eigenvalue weighted by atomic mass is 10.3. The fraction of sp³-hybridized carbons (Fsp3) is 0.143. The molecule has 0 aliphatic rings. The zero-order valence-corrected chi connectivity index (χ0v) is 11.0. The number of benzene rings is 1. The van der Waals surface area contributed by atoms with E-state index in [0.29, 0.717) is 11.4 Å². The maximum Gasteiger partial charge on any atom is 0.178 e. The van der Waals surface area contributed by atoms with Crippen LogP contribution in [0.5, 0.6) is 11.5 Å². The second-order valence-corrected chi connectivity index (χ2v) is 4.54. The van der Waals surface area contributed by atoms with Gasteiger partial charge in [-0.2, -0.15) is 0 Å². The fourth-order valence-electron chi connectivity index (χ4n) is 1.48.